The molecule has 0 amide bonds. The Morgan fingerprint density at radius 2 is 1.64 bits per heavy atom. The van der Waals surface area contributed by atoms with E-state index in [0.29, 0.717) is 6.42 Å². The van der Waals surface area contributed by atoms with E-state index in [4.69, 9.17) is 0 Å². The Balaban J connectivity index is 0.00000242. The molecule has 1 heterocycles. The Morgan fingerprint density at radius 1 is 0.955 bits per heavy atom. The van der Waals surface area contributed by atoms with Crippen molar-refractivity contribution in [3.8, 4) is 0 Å². The molecule has 1 aromatic carbocycles. The van der Waals surface area contributed by atoms with Crippen LogP contribution in [0.2, 0.25) is 0 Å². The molecule has 1 aromatic heterocycles. The van der Waals surface area contributed by atoms with Gasteiger partial charge in [0.15, 0.2) is 18.2 Å². The summed E-state index contributed by atoms with van der Waals surface area (Å²) in [4.78, 5) is 12.2. The predicted molar refractivity (Wildman–Crippen MR) is 85.3 cm³/mol. The summed E-state index contributed by atoms with van der Waals surface area (Å²) in [5.41, 5.74) is 1.86. The van der Waals surface area contributed by atoms with Gasteiger partial charge < -0.3 is 12.4 Å². The van der Waals surface area contributed by atoms with Gasteiger partial charge in [0.2, 0.25) is 0 Å². The zero-order valence-electron chi connectivity index (χ0n) is 13.2. The van der Waals surface area contributed by atoms with Gasteiger partial charge in [-0.3, -0.25) is 4.79 Å². The van der Waals surface area contributed by atoms with Gasteiger partial charge in [0.25, 0.3) is 0 Å². The molecule has 0 aliphatic carbocycles. The first-order valence-electron chi connectivity index (χ1n) is 7.86. The van der Waals surface area contributed by atoms with Crippen molar-refractivity contribution < 1.29 is 21.8 Å². The first kappa shape index (κ1) is 18.4. The number of hydrogen-bond donors (Lipinski definition) is 0. The molecule has 0 aliphatic heterocycles. The van der Waals surface area contributed by atoms with Crippen LogP contribution >= 0.6 is 0 Å². The summed E-state index contributed by atoms with van der Waals surface area (Å²) in [6.07, 6.45) is 9.55. The third-order valence-corrected chi connectivity index (χ3v) is 3.69. The van der Waals surface area contributed by atoms with Crippen molar-refractivity contribution in [2.45, 2.75) is 45.6 Å². The van der Waals surface area contributed by atoms with E-state index < -0.39 is 0 Å². The number of rotatable bonds is 8. The van der Waals surface area contributed by atoms with Crippen molar-refractivity contribution in [1.29, 1.82) is 0 Å². The van der Waals surface area contributed by atoms with Gasteiger partial charge >= 0.3 is 0 Å². The van der Waals surface area contributed by atoms with E-state index in [-0.39, 0.29) is 18.2 Å². The van der Waals surface area contributed by atoms with Gasteiger partial charge in [-0.25, -0.2) is 4.57 Å². The highest BCUT2D eigenvalue weighted by molar-refractivity contribution is 5.97. The molecule has 0 saturated heterocycles. The van der Waals surface area contributed by atoms with Gasteiger partial charge in [-0.2, -0.15) is 0 Å². The summed E-state index contributed by atoms with van der Waals surface area (Å²) in [5, 5.41) is 0. The number of Topliss-reactive ketones (excluding diaryl/α,β-unsaturated/α-hetero) is 1. The molecular formula is C19H24ClNO. The highest BCUT2D eigenvalue weighted by Crippen LogP contribution is 2.06. The smallest absolute Gasteiger partial charge is 0.169 e. The third kappa shape index (κ3) is 5.98. The summed E-state index contributed by atoms with van der Waals surface area (Å²) >= 11 is 0. The molecule has 0 unspecified atom stereocenters. The summed E-state index contributed by atoms with van der Waals surface area (Å²) in [6.45, 7) is 3.26. The van der Waals surface area contributed by atoms with Crippen LogP contribution in [0.1, 0.15) is 48.5 Å². The number of carbonyl (C=O) groups is 1. The number of nitrogens with zero attached hydrogens (tertiary/aromatic N) is 1. The minimum atomic E-state index is 0. The Labute approximate surface area is 139 Å². The molecule has 3 heteroatoms. The largest absolute Gasteiger partial charge is 1.00 e. The zero-order valence-corrected chi connectivity index (χ0v) is 13.9. The van der Waals surface area contributed by atoms with Crippen LogP contribution in [-0.2, 0) is 13.0 Å². The second-order valence-corrected chi connectivity index (χ2v) is 5.47. The Hall–Kier alpha value is -1.67. The van der Waals surface area contributed by atoms with E-state index in [2.05, 4.69) is 11.5 Å². The van der Waals surface area contributed by atoms with Crippen molar-refractivity contribution in [2.24, 2.45) is 0 Å². The van der Waals surface area contributed by atoms with Crippen LogP contribution in [0.25, 0.3) is 0 Å². The van der Waals surface area contributed by atoms with Crippen LogP contribution in [0.4, 0.5) is 0 Å². The number of unbranched alkanes of at least 4 members (excludes halogenated alkanes) is 3. The van der Waals surface area contributed by atoms with E-state index in [1.807, 2.05) is 54.9 Å². The van der Waals surface area contributed by atoms with Crippen molar-refractivity contribution in [1.82, 2.24) is 0 Å². The second kappa shape index (κ2) is 10.1. The summed E-state index contributed by atoms with van der Waals surface area (Å²) in [7, 11) is 0. The molecule has 0 spiro atoms. The topological polar surface area (TPSA) is 20.9 Å². The Morgan fingerprint density at radius 3 is 2.27 bits per heavy atom. The van der Waals surface area contributed by atoms with E-state index in [9.17, 15) is 4.79 Å². The maximum Gasteiger partial charge on any atom is 0.169 e. The fraction of sp³-hybridized carbons (Fsp3) is 0.368. The van der Waals surface area contributed by atoms with Crippen molar-refractivity contribution in [2.75, 3.05) is 0 Å². The standard InChI is InChI=1S/C19H24NO.ClH/c1-2-3-4-8-13-20-14-11-18(12-15-20)19(21)16-17-9-6-5-7-10-17;/h5-7,9-12,14-15H,2-4,8,13,16H2,1H3;1H/q+1;/p-1. The average Bonchev–Trinajstić information content (AvgIpc) is 2.53. The SMILES string of the molecule is CCCCCC[n+]1ccc(C(=O)Cc2ccccc2)cc1.[Cl-]. The minimum absolute atomic E-state index is 0. The van der Waals surface area contributed by atoms with Crippen LogP contribution in [0.15, 0.2) is 54.9 Å². The van der Waals surface area contributed by atoms with Crippen LogP contribution < -0.4 is 17.0 Å². The lowest BCUT2D eigenvalue weighted by Gasteiger charge is -2.01. The molecule has 0 atom stereocenters. The normalized spacial score (nSPS) is 10.0. The molecular weight excluding hydrogens is 294 g/mol. The lowest BCUT2D eigenvalue weighted by Crippen LogP contribution is -3.00. The number of hydrogen-bond acceptors (Lipinski definition) is 1. The number of benzene rings is 1. The van der Waals surface area contributed by atoms with E-state index in [0.717, 1.165) is 17.7 Å². The number of carbonyl (C=O) groups excluding carboxylic acids is 1. The average molecular weight is 318 g/mol. The number of pyridine rings is 1. The van der Waals surface area contributed by atoms with Gasteiger partial charge in [-0.05, 0) is 12.0 Å². The third-order valence-electron chi connectivity index (χ3n) is 3.69. The molecule has 0 bridgehead atoms. The summed E-state index contributed by atoms with van der Waals surface area (Å²) in [6, 6.07) is 13.8. The van der Waals surface area contributed by atoms with Crippen molar-refractivity contribution >= 4 is 5.78 Å². The lowest BCUT2D eigenvalue weighted by molar-refractivity contribution is -0.697. The quantitative estimate of drug-likeness (QED) is 0.404. The summed E-state index contributed by atoms with van der Waals surface area (Å²) < 4.78 is 2.16. The Bertz CT molecular complexity index is 551. The molecule has 0 N–H and O–H groups in total. The lowest BCUT2D eigenvalue weighted by atomic mass is 10.0. The molecule has 118 valence electrons. The maximum absolute atomic E-state index is 12.2. The molecule has 0 aliphatic rings. The van der Waals surface area contributed by atoms with Crippen LogP contribution in [0.3, 0.4) is 0 Å². The van der Waals surface area contributed by atoms with Crippen molar-refractivity contribution in [3.63, 3.8) is 0 Å². The van der Waals surface area contributed by atoms with Crippen LogP contribution in [-0.4, -0.2) is 5.78 Å². The highest BCUT2D eigenvalue weighted by Gasteiger charge is 2.09. The van der Waals surface area contributed by atoms with E-state index >= 15 is 0 Å². The van der Waals surface area contributed by atoms with Crippen LogP contribution in [0, 0.1) is 0 Å². The van der Waals surface area contributed by atoms with E-state index in [1.54, 1.807) is 0 Å². The van der Waals surface area contributed by atoms with Crippen molar-refractivity contribution in [3.05, 3.63) is 66.0 Å². The van der Waals surface area contributed by atoms with E-state index in [1.165, 1.54) is 25.7 Å². The number of halogens is 1. The molecule has 0 saturated carbocycles. The summed E-state index contributed by atoms with van der Waals surface area (Å²) in [5.74, 6) is 0.180. The molecule has 2 aromatic rings. The van der Waals surface area contributed by atoms with Gasteiger partial charge in [0.1, 0.15) is 6.54 Å². The number of ketones is 1. The zero-order chi connectivity index (χ0) is 14.9. The number of aryl methyl sites for hydroxylation is 1. The Kier molecular flexibility index (Phi) is 8.46. The first-order chi connectivity index (χ1) is 10.3. The molecule has 2 nitrogen and oxygen atoms in total. The molecule has 0 fully saturated rings. The number of aromatic nitrogens is 1. The molecule has 2 rings (SSSR count). The van der Waals surface area contributed by atoms with Gasteiger partial charge in [-0.15, -0.1) is 0 Å². The second-order valence-electron chi connectivity index (χ2n) is 5.47. The van der Waals surface area contributed by atoms with Gasteiger partial charge in [0, 0.05) is 30.5 Å². The van der Waals surface area contributed by atoms with Gasteiger partial charge in [-0.1, -0.05) is 50.1 Å². The minimum Gasteiger partial charge on any atom is -1.00 e. The van der Waals surface area contributed by atoms with Gasteiger partial charge in [0.05, 0.1) is 0 Å². The van der Waals surface area contributed by atoms with Crippen LogP contribution in [0.5, 0.6) is 0 Å². The molecule has 22 heavy (non-hydrogen) atoms. The monoisotopic (exact) mass is 317 g/mol. The first-order valence-corrected chi connectivity index (χ1v) is 7.86. The predicted octanol–water partition coefficient (Wildman–Crippen LogP) is 0.984. The highest BCUT2D eigenvalue weighted by atomic mass is 35.5. The molecule has 0 radical (unpaired) electrons. The fourth-order valence-corrected chi connectivity index (χ4v) is 2.40. The maximum atomic E-state index is 12.2. The fourth-order valence-electron chi connectivity index (χ4n) is 2.40.